The van der Waals surface area contributed by atoms with E-state index in [-0.39, 0.29) is 41.1 Å². The van der Waals surface area contributed by atoms with Gasteiger partial charge in [-0.2, -0.15) is 8.78 Å². The van der Waals surface area contributed by atoms with Crippen LogP contribution < -0.4 is 4.74 Å². The van der Waals surface area contributed by atoms with Gasteiger partial charge in [-0.15, -0.1) is 0 Å². The van der Waals surface area contributed by atoms with Crippen molar-refractivity contribution in [2.24, 2.45) is 0 Å². The van der Waals surface area contributed by atoms with Crippen molar-refractivity contribution in [1.29, 1.82) is 0 Å². The average molecular weight is 646 g/mol. The Morgan fingerprint density at radius 2 is 1.13 bits per heavy atom. The quantitative estimate of drug-likeness (QED) is 0.117. The third kappa shape index (κ3) is 6.35. The van der Waals surface area contributed by atoms with Crippen LogP contribution in [0.1, 0.15) is 22.3 Å². The number of hydrogen-bond donors (Lipinski definition) is 1. The Morgan fingerprint density at radius 3 is 1.67 bits per heavy atom. The van der Waals surface area contributed by atoms with Crippen LogP contribution >= 0.6 is 0 Å². The second kappa shape index (κ2) is 12.2. The zero-order valence-corrected chi connectivity index (χ0v) is 23.1. The largest absolute Gasteiger partial charge is 0.508 e. The minimum atomic E-state index is -4.91. The van der Waals surface area contributed by atoms with Crippen molar-refractivity contribution in [3.63, 3.8) is 0 Å². The van der Waals surface area contributed by atoms with Crippen molar-refractivity contribution < 1.29 is 53.7 Å². The maximum atomic E-state index is 15.0. The molecule has 46 heavy (non-hydrogen) atoms. The van der Waals surface area contributed by atoms with Gasteiger partial charge in [0.05, 0.1) is 11.1 Å². The van der Waals surface area contributed by atoms with E-state index in [0.29, 0.717) is 28.8 Å². The van der Waals surface area contributed by atoms with Gasteiger partial charge in [0.1, 0.15) is 46.1 Å². The number of halogens is 10. The van der Waals surface area contributed by atoms with Gasteiger partial charge >= 0.3 is 6.11 Å². The van der Waals surface area contributed by atoms with E-state index < -0.39 is 75.1 Å². The van der Waals surface area contributed by atoms with Crippen LogP contribution in [0, 0.1) is 65.3 Å². The van der Waals surface area contributed by atoms with E-state index in [4.69, 9.17) is 0 Å². The number of rotatable bonds is 5. The van der Waals surface area contributed by atoms with Crippen molar-refractivity contribution in [2.75, 3.05) is 0 Å². The summed E-state index contributed by atoms with van der Waals surface area (Å²) >= 11 is 0. The molecular weight excluding hydrogens is 630 g/mol. The van der Waals surface area contributed by atoms with Crippen molar-refractivity contribution in [3.8, 4) is 45.6 Å². The predicted octanol–water partition coefficient (Wildman–Crippen LogP) is 9.68. The number of ether oxygens (including phenoxy) is 1. The maximum absolute atomic E-state index is 15.0. The number of aryl methyl sites for hydroxylation is 1. The summed E-state index contributed by atoms with van der Waals surface area (Å²) < 4.78 is 148. The SMILES string of the molecule is Cc1cc(-c2ccc(O)cc2)cc(F)c1C#Cc1cc(F)c(-c2cc(F)c(C(F)(F)Oc3cc(F)c(F)c(F)c3)c(F)c2)c(F)c1. The van der Waals surface area contributed by atoms with E-state index in [9.17, 15) is 40.2 Å². The van der Waals surface area contributed by atoms with Gasteiger partial charge in [0.15, 0.2) is 17.5 Å². The second-order valence-corrected chi connectivity index (χ2v) is 9.90. The molecule has 0 spiro atoms. The molecule has 0 saturated carbocycles. The lowest BCUT2D eigenvalue weighted by Gasteiger charge is -2.20. The zero-order chi connectivity index (χ0) is 33.5. The van der Waals surface area contributed by atoms with E-state index in [1.807, 2.05) is 0 Å². The summed E-state index contributed by atoms with van der Waals surface area (Å²) in [5.41, 5.74) is -2.81. The molecule has 0 heterocycles. The van der Waals surface area contributed by atoms with Gasteiger partial charge in [0.2, 0.25) is 0 Å². The lowest BCUT2D eigenvalue weighted by atomic mass is 9.98. The first-order valence-corrected chi connectivity index (χ1v) is 13.0. The summed E-state index contributed by atoms with van der Waals surface area (Å²) in [6, 6.07) is 10.6. The second-order valence-electron chi connectivity index (χ2n) is 9.90. The summed E-state index contributed by atoms with van der Waals surface area (Å²) in [6.07, 6.45) is -4.91. The predicted molar refractivity (Wildman–Crippen MR) is 147 cm³/mol. The Hall–Kier alpha value is -5.44. The number of hydrogen-bond acceptors (Lipinski definition) is 2. The molecule has 0 saturated heterocycles. The topological polar surface area (TPSA) is 29.5 Å². The van der Waals surface area contributed by atoms with Crippen molar-refractivity contribution in [3.05, 3.63) is 142 Å². The first-order valence-electron chi connectivity index (χ1n) is 13.0. The van der Waals surface area contributed by atoms with Crippen LogP contribution in [0.3, 0.4) is 0 Å². The number of phenolic OH excluding ortho intramolecular Hbond substituents is 1. The standard InChI is InChI=1S/C34H16F10O2/c1-16-8-19(18-3-5-21(45)6-4-18)11-24(35)23(16)7-2-17-9-25(36)31(26(37)10-17)20-12-27(38)32(28(39)13-20)34(43,44)46-22-14-29(40)33(42)30(41)15-22/h3-6,8-15,45H,1H3. The molecule has 0 aromatic heterocycles. The van der Waals surface area contributed by atoms with E-state index >= 15 is 8.78 Å². The van der Waals surface area contributed by atoms with Gasteiger partial charge < -0.3 is 9.84 Å². The molecule has 0 radical (unpaired) electrons. The molecule has 0 atom stereocenters. The van der Waals surface area contributed by atoms with Crippen LogP contribution in [0.2, 0.25) is 0 Å². The highest BCUT2D eigenvalue weighted by Crippen LogP contribution is 2.38. The molecule has 234 valence electrons. The van der Waals surface area contributed by atoms with Gasteiger partial charge in [-0.3, -0.25) is 0 Å². The average Bonchev–Trinajstić information content (AvgIpc) is 2.94. The molecule has 0 aliphatic carbocycles. The summed E-state index contributed by atoms with van der Waals surface area (Å²) in [6.45, 7) is 1.55. The van der Waals surface area contributed by atoms with E-state index in [0.717, 1.165) is 0 Å². The molecule has 5 aromatic carbocycles. The minimum absolute atomic E-state index is 0.0217. The van der Waals surface area contributed by atoms with Crippen molar-refractivity contribution >= 4 is 0 Å². The van der Waals surface area contributed by atoms with Crippen LogP contribution in [0.25, 0.3) is 22.3 Å². The van der Waals surface area contributed by atoms with Crippen LogP contribution in [-0.2, 0) is 6.11 Å². The Kier molecular flexibility index (Phi) is 8.45. The highest BCUT2D eigenvalue weighted by Gasteiger charge is 2.42. The Labute approximate surface area is 254 Å². The zero-order valence-electron chi connectivity index (χ0n) is 23.1. The molecule has 0 bridgehead atoms. The molecule has 12 heteroatoms. The van der Waals surface area contributed by atoms with E-state index in [1.54, 1.807) is 25.1 Å². The summed E-state index contributed by atoms with van der Waals surface area (Å²) in [7, 11) is 0. The molecule has 2 nitrogen and oxygen atoms in total. The number of alkyl halides is 2. The summed E-state index contributed by atoms with van der Waals surface area (Å²) in [5, 5.41) is 9.45. The van der Waals surface area contributed by atoms with Crippen molar-refractivity contribution in [1.82, 2.24) is 0 Å². The lowest BCUT2D eigenvalue weighted by Crippen LogP contribution is -2.25. The van der Waals surface area contributed by atoms with Gasteiger partial charge in [0, 0.05) is 17.7 Å². The first kappa shape index (κ1) is 32.0. The van der Waals surface area contributed by atoms with Crippen LogP contribution in [0.4, 0.5) is 43.9 Å². The molecule has 5 rings (SSSR count). The molecule has 0 amide bonds. The molecule has 0 unspecified atom stereocenters. The van der Waals surface area contributed by atoms with Crippen LogP contribution in [0.5, 0.6) is 11.5 Å². The lowest BCUT2D eigenvalue weighted by molar-refractivity contribution is -0.189. The molecule has 5 aromatic rings. The van der Waals surface area contributed by atoms with Crippen LogP contribution in [-0.4, -0.2) is 5.11 Å². The molecule has 0 fully saturated rings. The monoisotopic (exact) mass is 646 g/mol. The van der Waals surface area contributed by atoms with E-state index in [1.165, 1.54) is 18.2 Å². The highest BCUT2D eigenvalue weighted by atomic mass is 19.3. The maximum Gasteiger partial charge on any atom is 0.432 e. The van der Waals surface area contributed by atoms with E-state index in [2.05, 4.69) is 16.6 Å². The molecule has 1 N–H and O–H groups in total. The fourth-order valence-electron chi connectivity index (χ4n) is 4.56. The highest BCUT2D eigenvalue weighted by molar-refractivity contribution is 5.69. The number of benzene rings is 5. The normalized spacial score (nSPS) is 11.3. The Balaban J connectivity index is 1.44. The Bertz CT molecular complexity index is 1970. The first-order chi connectivity index (χ1) is 21.6. The van der Waals surface area contributed by atoms with Crippen molar-refractivity contribution in [2.45, 2.75) is 13.0 Å². The van der Waals surface area contributed by atoms with Crippen LogP contribution in [0.15, 0.2) is 72.8 Å². The van der Waals surface area contributed by atoms with Gasteiger partial charge in [-0.05, 0) is 77.7 Å². The van der Waals surface area contributed by atoms with Gasteiger partial charge in [-0.25, -0.2) is 35.1 Å². The Morgan fingerprint density at radius 1 is 0.587 bits per heavy atom. The summed E-state index contributed by atoms with van der Waals surface area (Å²) in [5.74, 6) is -9.80. The van der Waals surface area contributed by atoms with Gasteiger partial charge in [-0.1, -0.05) is 24.0 Å². The summed E-state index contributed by atoms with van der Waals surface area (Å²) in [4.78, 5) is 0. The third-order valence-electron chi connectivity index (χ3n) is 6.69. The fourth-order valence-corrected chi connectivity index (χ4v) is 4.56. The number of phenols is 1. The minimum Gasteiger partial charge on any atom is -0.508 e. The molecule has 0 aliphatic rings. The fraction of sp³-hybridized carbons (Fsp3) is 0.0588. The van der Waals surface area contributed by atoms with Gasteiger partial charge in [0.25, 0.3) is 0 Å². The number of aromatic hydroxyl groups is 1. The molecule has 0 aliphatic heterocycles. The third-order valence-corrected chi connectivity index (χ3v) is 6.69. The molecular formula is C34H16F10O2. The smallest absolute Gasteiger partial charge is 0.432 e.